The molecule has 1 aromatic heterocycles. The molecule has 3 unspecified atom stereocenters. The molecular formula is C13H19BrN4O. The summed E-state index contributed by atoms with van der Waals surface area (Å²) in [6, 6.07) is 0.533. The van der Waals surface area contributed by atoms with Crippen molar-refractivity contribution in [1.82, 2.24) is 15.3 Å². The summed E-state index contributed by atoms with van der Waals surface area (Å²) in [7, 11) is 1.64. The second-order valence-corrected chi connectivity index (χ2v) is 6.09. The van der Waals surface area contributed by atoms with Gasteiger partial charge in [-0.05, 0) is 34.2 Å². The third-order valence-electron chi connectivity index (χ3n) is 4.29. The van der Waals surface area contributed by atoms with Gasteiger partial charge in [0, 0.05) is 25.7 Å². The minimum atomic E-state index is 0.533. The van der Waals surface area contributed by atoms with Crippen LogP contribution in [0, 0.1) is 11.8 Å². The van der Waals surface area contributed by atoms with E-state index in [4.69, 9.17) is 4.74 Å². The fourth-order valence-corrected chi connectivity index (χ4v) is 3.75. The Kier molecular flexibility index (Phi) is 3.62. The van der Waals surface area contributed by atoms with Gasteiger partial charge >= 0.3 is 0 Å². The molecule has 19 heavy (non-hydrogen) atoms. The first-order chi connectivity index (χ1) is 9.24. The van der Waals surface area contributed by atoms with Gasteiger partial charge in [0.05, 0.1) is 17.8 Å². The van der Waals surface area contributed by atoms with Gasteiger partial charge < -0.3 is 15.0 Å². The van der Waals surface area contributed by atoms with Crippen LogP contribution in [0.1, 0.15) is 13.3 Å². The first-order valence-electron chi connectivity index (χ1n) is 6.78. The van der Waals surface area contributed by atoms with Crippen LogP contribution < -0.4 is 15.0 Å². The van der Waals surface area contributed by atoms with E-state index < -0.39 is 0 Å². The molecule has 3 atom stereocenters. The Morgan fingerprint density at radius 3 is 3.11 bits per heavy atom. The largest absolute Gasteiger partial charge is 0.480 e. The Bertz CT molecular complexity index is 470. The summed E-state index contributed by atoms with van der Waals surface area (Å²) in [6.45, 7) is 5.52. The summed E-state index contributed by atoms with van der Waals surface area (Å²) < 4.78 is 6.07. The predicted molar refractivity (Wildman–Crippen MR) is 77.6 cm³/mol. The van der Waals surface area contributed by atoms with Crippen molar-refractivity contribution in [3.05, 3.63) is 10.7 Å². The number of fused-ring (bicyclic) bond motifs is 1. The van der Waals surface area contributed by atoms with Crippen molar-refractivity contribution in [2.24, 2.45) is 11.8 Å². The summed E-state index contributed by atoms with van der Waals surface area (Å²) in [5, 5.41) is 3.49. The predicted octanol–water partition coefficient (Wildman–Crippen LogP) is 1.68. The summed E-state index contributed by atoms with van der Waals surface area (Å²) in [4.78, 5) is 11.3. The lowest BCUT2D eigenvalue weighted by Crippen LogP contribution is -2.36. The lowest BCUT2D eigenvalue weighted by atomic mass is 9.93. The molecule has 0 bridgehead atoms. The lowest BCUT2D eigenvalue weighted by Gasteiger charge is -2.27. The Labute approximate surface area is 121 Å². The molecule has 3 heterocycles. The smallest absolute Gasteiger partial charge is 0.232 e. The zero-order valence-electron chi connectivity index (χ0n) is 11.3. The molecule has 0 aromatic carbocycles. The number of hydrogen-bond donors (Lipinski definition) is 1. The molecule has 1 N–H and O–H groups in total. The Balaban J connectivity index is 1.89. The Morgan fingerprint density at radius 2 is 2.37 bits per heavy atom. The maximum absolute atomic E-state index is 5.27. The zero-order valence-corrected chi connectivity index (χ0v) is 12.9. The lowest BCUT2D eigenvalue weighted by molar-refractivity contribution is 0.392. The normalized spacial score (nSPS) is 29.6. The summed E-state index contributed by atoms with van der Waals surface area (Å²) >= 11 is 3.40. The fourth-order valence-electron chi connectivity index (χ4n) is 3.40. The van der Waals surface area contributed by atoms with Crippen LogP contribution >= 0.6 is 15.9 Å². The van der Waals surface area contributed by atoms with Crippen LogP contribution in [0.5, 0.6) is 5.88 Å². The zero-order chi connectivity index (χ0) is 13.4. The Hall–Kier alpha value is -0.880. The van der Waals surface area contributed by atoms with Crippen LogP contribution in [0.15, 0.2) is 10.7 Å². The van der Waals surface area contributed by atoms with E-state index in [1.807, 2.05) is 0 Å². The van der Waals surface area contributed by atoms with Gasteiger partial charge in [0.2, 0.25) is 11.8 Å². The van der Waals surface area contributed by atoms with E-state index >= 15 is 0 Å². The summed E-state index contributed by atoms with van der Waals surface area (Å²) in [5.74, 6) is 2.85. The number of rotatable bonds is 3. The van der Waals surface area contributed by atoms with E-state index in [0.29, 0.717) is 11.9 Å². The maximum atomic E-state index is 5.27. The van der Waals surface area contributed by atoms with Gasteiger partial charge in [0.15, 0.2) is 0 Å². The van der Waals surface area contributed by atoms with Crippen LogP contribution in [0.3, 0.4) is 0 Å². The highest BCUT2D eigenvalue weighted by Crippen LogP contribution is 2.37. The highest BCUT2D eigenvalue weighted by molar-refractivity contribution is 9.10. The average molecular weight is 327 g/mol. The van der Waals surface area contributed by atoms with E-state index in [9.17, 15) is 0 Å². The average Bonchev–Trinajstić information content (AvgIpc) is 2.99. The van der Waals surface area contributed by atoms with Gasteiger partial charge in [-0.15, -0.1) is 0 Å². The van der Waals surface area contributed by atoms with E-state index in [0.717, 1.165) is 48.3 Å². The first kappa shape index (κ1) is 13.1. The van der Waals surface area contributed by atoms with Gasteiger partial charge in [-0.25, -0.2) is 4.98 Å². The standard InChI is InChI=1S/C13H19BrN4O/c1-3-11-9-5-15-4-8(9)7-18(11)13-16-6-10(14)12(17-13)19-2/h6,8-9,11,15H,3-5,7H2,1-2H3. The van der Waals surface area contributed by atoms with Crippen molar-refractivity contribution in [1.29, 1.82) is 0 Å². The van der Waals surface area contributed by atoms with Crippen LogP contribution in [-0.4, -0.2) is 42.8 Å². The van der Waals surface area contributed by atoms with Crippen molar-refractivity contribution >= 4 is 21.9 Å². The number of ether oxygens (including phenoxy) is 1. The molecule has 0 radical (unpaired) electrons. The SMILES string of the molecule is CCC1C2CNCC2CN1c1ncc(Br)c(OC)n1. The second kappa shape index (κ2) is 5.25. The van der Waals surface area contributed by atoms with Crippen LogP contribution in [0.2, 0.25) is 0 Å². The highest BCUT2D eigenvalue weighted by Gasteiger charge is 2.44. The van der Waals surface area contributed by atoms with Crippen molar-refractivity contribution in [3.8, 4) is 5.88 Å². The topological polar surface area (TPSA) is 50.3 Å². The van der Waals surface area contributed by atoms with Gasteiger partial charge in [-0.1, -0.05) is 6.92 Å². The number of anilines is 1. The molecule has 2 fully saturated rings. The monoisotopic (exact) mass is 326 g/mol. The molecule has 0 amide bonds. The van der Waals surface area contributed by atoms with Crippen LogP contribution in [0.25, 0.3) is 0 Å². The molecule has 5 nitrogen and oxygen atoms in total. The molecule has 0 aliphatic carbocycles. The molecule has 104 valence electrons. The number of nitrogens with one attached hydrogen (secondary N) is 1. The van der Waals surface area contributed by atoms with Crippen molar-refractivity contribution in [2.75, 3.05) is 31.6 Å². The number of nitrogens with zero attached hydrogens (tertiary/aromatic N) is 3. The molecule has 2 aliphatic heterocycles. The molecule has 0 spiro atoms. The molecule has 1 aromatic rings. The quantitative estimate of drug-likeness (QED) is 0.915. The van der Waals surface area contributed by atoms with E-state index in [-0.39, 0.29) is 0 Å². The van der Waals surface area contributed by atoms with Gasteiger partial charge in [0.25, 0.3) is 0 Å². The molecular weight excluding hydrogens is 308 g/mol. The van der Waals surface area contributed by atoms with Crippen LogP contribution in [-0.2, 0) is 0 Å². The van der Waals surface area contributed by atoms with Gasteiger partial charge in [-0.3, -0.25) is 0 Å². The van der Waals surface area contributed by atoms with Gasteiger partial charge in [-0.2, -0.15) is 4.98 Å². The van der Waals surface area contributed by atoms with Crippen molar-refractivity contribution in [3.63, 3.8) is 0 Å². The minimum Gasteiger partial charge on any atom is -0.480 e. The fraction of sp³-hybridized carbons (Fsp3) is 0.692. The second-order valence-electron chi connectivity index (χ2n) is 5.24. The van der Waals surface area contributed by atoms with E-state index in [1.165, 1.54) is 0 Å². The highest BCUT2D eigenvalue weighted by atomic mass is 79.9. The third-order valence-corrected chi connectivity index (χ3v) is 4.83. The van der Waals surface area contributed by atoms with E-state index in [1.54, 1.807) is 13.3 Å². The van der Waals surface area contributed by atoms with E-state index in [2.05, 4.69) is 43.0 Å². The molecule has 2 aliphatic rings. The number of aromatic nitrogens is 2. The summed E-state index contributed by atoms with van der Waals surface area (Å²) in [6.07, 6.45) is 2.91. The van der Waals surface area contributed by atoms with Crippen molar-refractivity contribution in [2.45, 2.75) is 19.4 Å². The van der Waals surface area contributed by atoms with Gasteiger partial charge in [0.1, 0.15) is 0 Å². The summed E-state index contributed by atoms with van der Waals surface area (Å²) in [5.41, 5.74) is 0. The minimum absolute atomic E-state index is 0.533. The number of hydrogen-bond acceptors (Lipinski definition) is 5. The maximum Gasteiger partial charge on any atom is 0.232 e. The molecule has 6 heteroatoms. The first-order valence-corrected chi connectivity index (χ1v) is 7.57. The van der Waals surface area contributed by atoms with Crippen molar-refractivity contribution < 1.29 is 4.74 Å². The number of methoxy groups -OCH3 is 1. The number of halogens is 1. The molecule has 3 rings (SSSR count). The Morgan fingerprint density at radius 1 is 1.53 bits per heavy atom. The molecule has 0 saturated carbocycles. The third kappa shape index (κ3) is 2.21. The van der Waals surface area contributed by atoms with Crippen LogP contribution in [0.4, 0.5) is 5.95 Å². The molecule has 2 saturated heterocycles.